The molecule has 0 saturated carbocycles. The van der Waals surface area contributed by atoms with Gasteiger partial charge >= 0.3 is 0 Å². The Labute approximate surface area is 147 Å². The van der Waals surface area contributed by atoms with Crippen LogP contribution in [0.25, 0.3) is 0 Å². The molecule has 1 N–H and O–H groups in total. The van der Waals surface area contributed by atoms with Gasteiger partial charge in [0.25, 0.3) is 5.91 Å². The van der Waals surface area contributed by atoms with E-state index < -0.39 is 0 Å². The van der Waals surface area contributed by atoms with Gasteiger partial charge in [-0.2, -0.15) is 0 Å². The summed E-state index contributed by atoms with van der Waals surface area (Å²) < 4.78 is 5.57. The van der Waals surface area contributed by atoms with Crippen molar-refractivity contribution in [1.29, 1.82) is 0 Å². The van der Waals surface area contributed by atoms with Gasteiger partial charge in [-0.25, -0.2) is 0 Å². The Morgan fingerprint density at radius 1 is 1.08 bits per heavy atom. The van der Waals surface area contributed by atoms with E-state index in [1.165, 1.54) is 0 Å². The number of ether oxygens (including phenoxy) is 1. The van der Waals surface area contributed by atoms with Gasteiger partial charge in [-0.3, -0.25) is 9.59 Å². The third-order valence-electron chi connectivity index (χ3n) is 4.00. The van der Waals surface area contributed by atoms with Gasteiger partial charge in [0.05, 0.1) is 6.10 Å². The number of carbonyl (C=O) groups excluding carboxylic acids is 2. The fourth-order valence-corrected chi connectivity index (χ4v) is 2.81. The Kier molecular flexibility index (Phi) is 5.03. The van der Waals surface area contributed by atoms with E-state index in [2.05, 4.69) is 5.32 Å². The van der Waals surface area contributed by atoms with Crippen LogP contribution in [0.3, 0.4) is 0 Å². The molecule has 5 heteroatoms. The number of nitrogens with one attached hydrogen (secondary N) is 1. The van der Waals surface area contributed by atoms with Crippen LogP contribution in [0.15, 0.2) is 48.5 Å². The van der Waals surface area contributed by atoms with Gasteiger partial charge in [-0.05, 0) is 68.8 Å². The average Bonchev–Trinajstić information content (AvgIpc) is 3.02. The minimum Gasteiger partial charge on any atom is -0.491 e. The Hall–Kier alpha value is -2.82. The van der Waals surface area contributed by atoms with Crippen LogP contribution in [0.2, 0.25) is 0 Å². The zero-order valence-electron chi connectivity index (χ0n) is 14.5. The molecule has 25 heavy (non-hydrogen) atoms. The van der Waals surface area contributed by atoms with Crippen LogP contribution in [0.5, 0.6) is 5.75 Å². The first-order chi connectivity index (χ1) is 12.0. The molecular formula is C20H22N2O3. The summed E-state index contributed by atoms with van der Waals surface area (Å²) in [6, 6.07) is 14.4. The first-order valence-electron chi connectivity index (χ1n) is 8.51. The average molecular weight is 338 g/mol. The third kappa shape index (κ3) is 4.18. The summed E-state index contributed by atoms with van der Waals surface area (Å²) >= 11 is 0. The van der Waals surface area contributed by atoms with Crippen LogP contribution in [0.4, 0.5) is 11.4 Å². The molecule has 1 saturated heterocycles. The van der Waals surface area contributed by atoms with E-state index in [0.717, 1.165) is 24.4 Å². The zero-order chi connectivity index (χ0) is 17.8. The molecule has 0 bridgehead atoms. The van der Waals surface area contributed by atoms with Crippen molar-refractivity contribution < 1.29 is 14.3 Å². The monoisotopic (exact) mass is 338 g/mol. The number of hydrogen-bond donors (Lipinski definition) is 1. The van der Waals surface area contributed by atoms with Crippen molar-refractivity contribution in [3.8, 4) is 5.75 Å². The lowest BCUT2D eigenvalue weighted by Crippen LogP contribution is -2.23. The molecular weight excluding hydrogens is 316 g/mol. The van der Waals surface area contributed by atoms with Gasteiger partial charge in [0.1, 0.15) is 5.75 Å². The Morgan fingerprint density at radius 3 is 2.32 bits per heavy atom. The number of hydrogen-bond acceptors (Lipinski definition) is 3. The quantitative estimate of drug-likeness (QED) is 0.901. The Morgan fingerprint density at radius 2 is 1.76 bits per heavy atom. The molecule has 0 aliphatic carbocycles. The second-order valence-electron chi connectivity index (χ2n) is 6.34. The van der Waals surface area contributed by atoms with Crippen LogP contribution in [0.1, 0.15) is 37.0 Å². The molecule has 1 heterocycles. The highest BCUT2D eigenvalue weighted by Crippen LogP contribution is 2.23. The van der Waals surface area contributed by atoms with Gasteiger partial charge in [0, 0.05) is 29.9 Å². The third-order valence-corrected chi connectivity index (χ3v) is 4.00. The van der Waals surface area contributed by atoms with Crippen LogP contribution in [-0.2, 0) is 4.79 Å². The number of amides is 2. The van der Waals surface area contributed by atoms with Crippen molar-refractivity contribution in [2.75, 3.05) is 16.8 Å². The highest BCUT2D eigenvalue weighted by Gasteiger charge is 2.21. The maximum Gasteiger partial charge on any atom is 0.255 e. The second kappa shape index (κ2) is 7.38. The van der Waals surface area contributed by atoms with Gasteiger partial charge in [0.15, 0.2) is 0 Å². The normalized spacial score (nSPS) is 14.0. The van der Waals surface area contributed by atoms with E-state index >= 15 is 0 Å². The second-order valence-corrected chi connectivity index (χ2v) is 6.34. The molecule has 0 atom stereocenters. The summed E-state index contributed by atoms with van der Waals surface area (Å²) in [4.78, 5) is 25.9. The number of rotatable bonds is 5. The lowest BCUT2D eigenvalue weighted by molar-refractivity contribution is -0.117. The largest absolute Gasteiger partial charge is 0.491 e. The van der Waals surface area contributed by atoms with E-state index in [9.17, 15) is 9.59 Å². The molecule has 0 radical (unpaired) electrons. The number of carbonyl (C=O) groups is 2. The SMILES string of the molecule is CC(C)Oc1ccc(C(=O)Nc2ccc(N3CCCC3=O)cc2)cc1. The van der Waals surface area contributed by atoms with Crippen LogP contribution in [-0.4, -0.2) is 24.5 Å². The minimum absolute atomic E-state index is 0.0979. The van der Waals surface area contributed by atoms with E-state index in [1.807, 2.05) is 38.1 Å². The highest BCUT2D eigenvalue weighted by atomic mass is 16.5. The molecule has 3 rings (SSSR count). The predicted molar refractivity (Wildman–Crippen MR) is 98.2 cm³/mol. The maximum atomic E-state index is 12.3. The van der Waals surface area contributed by atoms with Crippen LogP contribution in [0, 0.1) is 0 Å². The fourth-order valence-electron chi connectivity index (χ4n) is 2.81. The minimum atomic E-state index is -0.180. The van der Waals surface area contributed by atoms with E-state index in [-0.39, 0.29) is 17.9 Å². The molecule has 1 aliphatic heterocycles. The van der Waals surface area contributed by atoms with Gasteiger partial charge < -0.3 is 15.0 Å². The molecule has 2 aromatic carbocycles. The van der Waals surface area contributed by atoms with E-state index in [4.69, 9.17) is 4.74 Å². The summed E-state index contributed by atoms with van der Waals surface area (Å²) in [5.74, 6) is 0.716. The Balaban J connectivity index is 1.63. The molecule has 0 unspecified atom stereocenters. The molecule has 1 aliphatic rings. The fraction of sp³-hybridized carbons (Fsp3) is 0.300. The van der Waals surface area contributed by atoms with Crippen molar-refractivity contribution in [3.63, 3.8) is 0 Å². The van der Waals surface area contributed by atoms with Crippen molar-refractivity contribution in [2.24, 2.45) is 0 Å². The van der Waals surface area contributed by atoms with Crippen molar-refractivity contribution in [2.45, 2.75) is 32.8 Å². The van der Waals surface area contributed by atoms with Gasteiger partial charge in [-0.1, -0.05) is 0 Å². The van der Waals surface area contributed by atoms with Gasteiger partial charge in [0.2, 0.25) is 5.91 Å². The van der Waals surface area contributed by atoms with Crippen molar-refractivity contribution in [3.05, 3.63) is 54.1 Å². The molecule has 2 aromatic rings. The van der Waals surface area contributed by atoms with E-state index in [1.54, 1.807) is 29.2 Å². The van der Waals surface area contributed by atoms with Crippen LogP contribution < -0.4 is 15.0 Å². The molecule has 5 nitrogen and oxygen atoms in total. The lowest BCUT2D eigenvalue weighted by Gasteiger charge is -2.16. The summed E-state index contributed by atoms with van der Waals surface area (Å²) in [5.41, 5.74) is 2.13. The smallest absolute Gasteiger partial charge is 0.255 e. The molecule has 2 amide bonds. The van der Waals surface area contributed by atoms with Crippen molar-refractivity contribution in [1.82, 2.24) is 0 Å². The van der Waals surface area contributed by atoms with Gasteiger partial charge in [-0.15, -0.1) is 0 Å². The first-order valence-corrected chi connectivity index (χ1v) is 8.51. The van der Waals surface area contributed by atoms with Crippen molar-refractivity contribution >= 4 is 23.2 Å². The first kappa shape index (κ1) is 17.0. The van der Waals surface area contributed by atoms with E-state index in [0.29, 0.717) is 17.7 Å². The lowest BCUT2D eigenvalue weighted by atomic mass is 10.2. The topological polar surface area (TPSA) is 58.6 Å². The molecule has 130 valence electrons. The molecule has 0 spiro atoms. The zero-order valence-corrected chi connectivity index (χ0v) is 14.5. The predicted octanol–water partition coefficient (Wildman–Crippen LogP) is 3.85. The highest BCUT2D eigenvalue weighted by molar-refractivity contribution is 6.04. The summed E-state index contributed by atoms with van der Waals surface area (Å²) in [5, 5.41) is 2.86. The molecule has 0 aromatic heterocycles. The standard InChI is InChI=1S/C20H22N2O3/c1-14(2)25-18-11-5-15(6-12-18)20(24)21-16-7-9-17(10-8-16)22-13-3-4-19(22)23/h5-12,14H,3-4,13H2,1-2H3,(H,21,24). The summed E-state index contributed by atoms with van der Waals surface area (Å²) in [7, 11) is 0. The molecule has 1 fully saturated rings. The van der Waals surface area contributed by atoms with Crippen LogP contribution >= 0.6 is 0 Å². The summed E-state index contributed by atoms with van der Waals surface area (Å²) in [6.45, 7) is 4.68. The number of nitrogens with zero attached hydrogens (tertiary/aromatic N) is 1. The number of benzene rings is 2. The number of anilines is 2. The Bertz CT molecular complexity index is 752. The maximum absolute atomic E-state index is 12.3. The summed E-state index contributed by atoms with van der Waals surface area (Å²) in [6.07, 6.45) is 1.60.